The molecular formula is C20H16ClN3O2S. The lowest BCUT2D eigenvalue weighted by Crippen LogP contribution is -2.14. The van der Waals surface area contributed by atoms with Gasteiger partial charge in [0.05, 0.1) is 5.69 Å². The van der Waals surface area contributed by atoms with E-state index < -0.39 is 5.91 Å². The van der Waals surface area contributed by atoms with Crippen LogP contribution in [0.1, 0.15) is 11.1 Å². The molecule has 0 aliphatic carbocycles. The summed E-state index contributed by atoms with van der Waals surface area (Å²) >= 11 is 7.65. The molecule has 1 amide bonds. The number of nitrogens with zero attached hydrogens (tertiary/aromatic N) is 2. The van der Waals surface area contributed by atoms with Gasteiger partial charge in [-0.2, -0.15) is 0 Å². The smallest absolute Gasteiger partial charge is 0.267 e. The summed E-state index contributed by atoms with van der Waals surface area (Å²) in [6.07, 6.45) is 2.88. The third-order valence-electron chi connectivity index (χ3n) is 3.63. The maximum absolute atomic E-state index is 11.0. The number of halogens is 1. The second-order valence-corrected chi connectivity index (χ2v) is 6.89. The standard InChI is InChI=1S/C20H16ClN3O2S/c21-18-12-17(16-4-2-1-3-5-16)22-20(23-18)27-13-15-8-6-14(7-9-15)10-11-19(25)24-26/h1-12,26H,13H2,(H,24,25)/b11-10+. The monoisotopic (exact) mass is 397 g/mol. The molecule has 2 N–H and O–H groups in total. The highest BCUT2D eigenvalue weighted by Gasteiger charge is 2.06. The van der Waals surface area contributed by atoms with E-state index in [-0.39, 0.29) is 0 Å². The molecule has 7 heteroatoms. The van der Waals surface area contributed by atoms with Gasteiger partial charge in [0.15, 0.2) is 5.16 Å². The molecule has 2 aromatic carbocycles. The van der Waals surface area contributed by atoms with Crippen molar-refractivity contribution in [1.29, 1.82) is 0 Å². The summed E-state index contributed by atoms with van der Waals surface area (Å²) < 4.78 is 0. The SMILES string of the molecule is O=C(/C=C/c1ccc(CSc2nc(Cl)cc(-c3ccccc3)n2)cc1)NO. The molecule has 0 unspecified atom stereocenters. The number of amides is 1. The first-order valence-corrected chi connectivity index (χ1v) is 9.44. The van der Waals surface area contributed by atoms with Gasteiger partial charge in [0, 0.05) is 23.5 Å². The van der Waals surface area contributed by atoms with Crippen LogP contribution in [-0.4, -0.2) is 21.1 Å². The highest BCUT2D eigenvalue weighted by Crippen LogP contribution is 2.25. The van der Waals surface area contributed by atoms with Crippen LogP contribution in [0, 0.1) is 0 Å². The van der Waals surface area contributed by atoms with Crippen molar-refractivity contribution in [3.63, 3.8) is 0 Å². The van der Waals surface area contributed by atoms with Crippen molar-refractivity contribution in [1.82, 2.24) is 15.4 Å². The Kier molecular flexibility index (Phi) is 6.59. The number of rotatable bonds is 6. The van der Waals surface area contributed by atoms with E-state index in [4.69, 9.17) is 16.8 Å². The summed E-state index contributed by atoms with van der Waals surface area (Å²) in [6, 6.07) is 19.3. The molecule has 5 nitrogen and oxygen atoms in total. The zero-order chi connectivity index (χ0) is 19.1. The Labute approximate surface area is 166 Å². The molecule has 0 saturated heterocycles. The number of hydroxylamine groups is 1. The lowest BCUT2D eigenvalue weighted by Gasteiger charge is -2.06. The number of carbonyl (C=O) groups is 1. The summed E-state index contributed by atoms with van der Waals surface area (Å²) in [4.78, 5) is 19.9. The number of aromatic nitrogens is 2. The molecule has 0 atom stereocenters. The van der Waals surface area contributed by atoms with Gasteiger partial charge >= 0.3 is 0 Å². The summed E-state index contributed by atoms with van der Waals surface area (Å²) in [6.45, 7) is 0. The second kappa shape index (κ2) is 9.32. The average Bonchev–Trinajstić information content (AvgIpc) is 2.71. The van der Waals surface area contributed by atoms with Gasteiger partial charge in [0.25, 0.3) is 5.91 Å². The normalized spacial score (nSPS) is 10.9. The fourth-order valence-corrected chi connectivity index (χ4v) is 3.35. The Morgan fingerprint density at radius 1 is 1.11 bits per heavy atom. The van der Waals surface area contributed by atoms with Gasteiger partial charge < -0.3 is 0 Å². The Morgan fingerprint density at radius 3 is 2.56 bits per heavy atom. The molecule has 1 aromatic heterocycles. The van der Waals surface area contributed by atoms with Crippen molar-refractivity contribution in [2.75, 3.05) is 0 Å². The molecule has 0 fully saturated rings. The first kappa shape index (κ1) is 19.1. The minimum Gasteiger partial charge on any atom is -0.288 e. The van der Waals surface area contributed by atoms with E-state index in [1.165, 1.54) is 17.8 Å². The van der Waals surface area contributed by atoms with Crippen molar-refractivity contribution in [3.8, 4) is 11.3 Å². The van der Waals surface area contributed by atoms with E-state index in [1.807, 2.05) is 54.6 Å². The number of carbonyl (C=O) groups excluding carboxylic acids is 1. The molecule has 0 aliphatic heterocycles. The lowest BCUT2D eigenvalue weighted by atomic mass is 10.1. The fourth-order valence-electron chi connectivity index (χ4n) is 2.30. The van der Waals surface area contributed by atoms with E-state index in [2.05, 4.69) is 9.97 Å². The summed E-state index contributed by atoms with van der Waals surface area (Å²) in [7, 11) is 0. The van der Waals surface area contributed by atoms with E-state index in [1.54, 1.807) is 17.6 Å². The molecule has 27 heavy (non-hydrogen) atoms. The van der Waals surface area contributed by atoms with E-state index >= 15 is 0 Å². The number of nitrogens with one attached hydrogen (secondary N) is 1. The number of thioether (sulfide) groups is 1. The number of hydrogen-bond acceptors (Lipinski definition) is 5. The van der Waals surface area contributed by atoms with E-state index in [9.17, 15) is 4.79 Å². The maximum Gasteiger partial charge on any atom is 0.267 e. The molecule has 0 saturated carbocycles. The predicted octanol–water partition coefficient (Wildman–Crippen LogP) is 4.61. The van der Waals surface area contributed by atoms with Crippen molar-refractivity contribution in [2.24, 2.45) is 0 Å². The Balaban J connectivity index is 1.67. The summed E-state index contributed by atoms with van der Waals surface area (Å²) in [5.41, 5.74) is 5.29. The quantitative estimate of drug-likeness (QED) is 0.159. The molecule has 136 valence electrons. The van der Waals surface area contributed by atoms with Crippen LogP contribution in [-0.2, 0) is 10.5 Å². The third-order valence-corrected chi connectivity index (χ3v) is 4.74. The summed E-state index contributed by atoms with van der Waals surface area (Å²) in [5, 5.41) is 9.50. The van der Waals surface area contributed by atoms with E-state index in [0.29, 0.717) is 16.1 Å². The first-order valence-electron chi connectivity index (χ1n) is 8.08. The largest absolute Gasteiger partial charge is 0.288 e. The molecule has 0 radical (unpaired) electrons. The zero-order valence-electron chi connectivity index (χ0n) is 14.2. The minimum atomic E-state index is -0.568. The van der Waals surface area contributed by atoms with Crippen LogP contribution in [0.3, 0.4) is 0 Å². The molecule has 3 aromatic rings. The highest BCUT2D eigenvalue weighted by atomic mass is 35.5. The van der Waals surface area contributed by atoms with Crippen LogP contribution in [0.5, 0.6) is 0 Å². The topological polar surface area (TPSA) is 75.1 Å². The molecule has 1 heterocycles. The minimum absolute atomic E-state index is 0.411. The van der Waals surface area contributed by atoms with Crippen LogP contribution in [0.4, 0.5) is 0 Å². The molecular weight excluding hydrogens is 382 g/mol. The van der Waals surface area contributed by atoms with Crippen LogP contribution in [0.2, 0.25) is 5.15 Å². The van der Waals surface area contributed by atoms with E-state index in [0.717, 1.165) is 22.4 Å². The van der Waals surface area contributed by atoms with Crippen LogP contribution in [0.15, 0.2) is 71.9 Å². The Hall–Kier alpha value is -2.67. The van der Waals surface area contributed by atoms with Gasteiger partial charge in [0.2, 0.25) is 0 Å². The van der Waals surface area contributed by atoms with Gasteiger partial charge in [-0.25, -0.2) is 15.4 Å². The molecule has 0 spiro atoms. The van der Waals surface area contributed by atoms with Crippen LogP contribution < -0.4 is 5.48 Å². The summed E-state index contributed by atoms with van der Waals surface area (Å²) in [5.74, 6) is 0.123. The second-order valence-electron chi connectivity index (χ2n) is 5.56. The number of benzene rings is 2. The van der Waals surface area contributed by atoms with Gasteiger partial charge in [0.1, 0.15) is 5.15 Å². The Bertz CT molecular complexity index is 947. The van der Waals surface area contributed by atoms with Crippen molar-refractivity contribution in [3.05, 3.63) is 83.0 Å². The van der Waals surface area contributed by atoms with Crippen LogP contribution >= 0.6 is 23.4 Å². The van der Waals surface area contributed by atoms with Crippen LogP contribution in [0.25, 0.3) is 17.3 Å². The van der Waals surface area contributed by atoms with Gasteiger partial charge in [-0.1, -0.05) is 78.0 Å². The molecule has 0 bridgehead atoms. The maximum atomic E-state index is 11.0. The molecule has 0 aliphatic rings. The zero-order valence-corrected chi connectivity index (χ0v) is 15.7. The molecule has 3 rings (SSSR count). The third kappa shape index (κ3) is 5.65. The van der Waals surface area contributed by atoms with Crippen molar-refractivity contribution in [2.45, 2.75) is 10.9 Å². The van der Waals surface area contributed by atoms with Gasteiger partial charge in [-0.3, -0.25) is 10.0 Å². The van der Waals surface area contributed by atoms with Crippen molar-refractivity contribution >= 4 is 35.3 Å². The highest BCUT2D eigenvalue weighted by molar-refractivity contribution is 7.98. The fraction of sp³-hybridized carbons (Fsp3) is 0.0500. The average molecular weight is 398 g/mol. The number of hydrogen-bond donors (Lipinski definition) is 2. The first-order chi connectivity index (χ1) is 13.1. The van der Waals surface area contributed by atoms with Gasteiger partial charge in [-0.05, 0) is 17.2 Å². The lowest BCUT2D eigenvalue weighted by molar-refractivity contribution is -0.124. The Morgan fingerprint density at radius 2 is 1.85 bits per heavy atom. The predicted molar refractivity (Wildman–Crippen MR) is 107 cm³/mol. The van der Waals surface area contributed by atoms with Gasteiger partial charge in [-0.15, -0.1) is 0 Å². The van der Waals surface area contributed by atoms with Crippen molar-refractivity contribution < 1.29 is 10.0 Å².